The van der Waals surface area contributed by atoms with Crippen LogP contribution in [0.4, 0.5) is 0 Å². The molecule has 2 aromatic rings. The van der Waals surface area contributed by atoms with Crippen molar-refractivity contribution in [3.05, 3.63) is 28.9 Å². The van der Waals surface area contributed by atoms with Gasteiger partial charge < -0.3 is 9.51 Å². The maximum absolute atomic E-state index is 5.26. The van der Waals surface area contributed by atoms with Gasteiger partial charge in [0.1, 0.15) is 5.82 Å². The highest BCUT2D eigenvalue weighted by Gasteiger charge is 2.30. The van der Waals surface area contributed by atoms with Crippen LogP contribution in [0.2, 0.25) is 0 Å². The van der Waals surface area contributed by atoms with Gasteiger partial charge in [-0.1, -0.05) is 5.16 Å². The minimum absolute atomic E-state index is 0.364. The molecule has 3 heterocycles. The molecule has 0 bridgehead atoms. The molecule has 0 radical (unpaired) electrons. The standard InChI is InChI=1S/C15H21N5O/c1-10-16-14(21-19-10)9-20-8-4-7-13(20)15-17-11-5-2-3-6-12(11)18-15/h13H,2-9H2,1H3,(H,17,18). The summed E-state index contributed by atoms with van der Waals surface area (Å²) in [6.07, 6.45) is 7.18. The molecular weight excluding hydrogens is 266 g/mol. The molecule has 0 spiro atoms. The Hall–Kier alpha value is -1.69. The maximum atomic E-state index is 5.26. The van der Waals surface area contributed by atoms with Gasteiger partial charge in [0, 0.05) is 5.69 Å². The van der Waals surface area contributed by atoms with Crippen LogP contribution < -0.4 is 0 Å². The highest BCUT2D eigenvalue weighted by Crippen LogP contribution is 2.33. The largest absolute Gasteiger partial charge is 0.344 e. The number of hydrogen-bond donors (Lipinski definition) is 1. The minimum atomic E-state index is 0.364. The molecule has 4 rings (SSSR count). The fourth-order valence-corrected chi connectivity index (χ4v) is 3.54. The van der Waals surface area contributed by atoms with Crippen LogP contribution in [-0.2, 0) is 19.4 Å². The van der Waals surface area contributed by atoms with Crippen LogP contribution in [0.15, 0.2) is 4.52 Å². The SMILES string of the molecule is Cc1noc(CN2CCCC2c2nc3c([nH]2)CCCC3)n1. The summed E-state index contributed by atoms with van der Waals surface area (Å²) in [6, 6.07) is 0.364. The average molecular weight is 287 g/mol. The lowest BCUT2D eigenvalue weighted by atomic mass is 10.0. The van der Waals surface area contributed by atoms with Gasteiger partial charge in [-0.15, -0.1) is 0 Å². The van der Waals surface area contributed by atoms with Gasteiger partial charge in [0.25, 0.3) is 0 Å². The number of imidazole rings is 1. The first-order chi connectivity index (χ1) is 10.3. The molecule has 1 unspecified atom stereocenters. The van der Waals surface area contributed by atoms with Gasteiger partial charge >= 0.3 is 0 Å². The number of nitrogens with zero attached hydrogens (tertiary/aromatic N) is 4. The number of hydrogen-bond acceptors (Lipinski definition) is 5. The van der Waals surface area contributed by atoms with Crippen molar-refractivity contribution < 1.29 is 4.52 Å². The van der Waals surface area contributed by atoms with Crippen molar-refractivity contribution in [2.24, 2.45) is 0 Å². The molecule has 0 aromatic carbocycles. The smallest absolute Gasteiger partial charge is 0.240 e. The molecule has 112 valence electrons. The fourth-order valence-electron chi connectivity index (χ4n) is 3.54. The van der Waals surface area contributed by atoms with Crippen molar-refractivity contribution in [2.75, 3.05) is 6.54 Å². The molecule has 1 aliphatic heterocycles. The highest BCUT2D eigenvalue weighted by molar-refractivity contribution is 5.19. The van der Waals surface area contributed by atoms with Crippen LogP contribution in [0.5, 0.6) is 0 Å². The second-order valence-corrected chi connectivity index (χ2v) is 6.12. The summed E-state index contributed by atoms with van der Waals surface area (Å²) >= 11 is 0. The van der Waals surface area contributed by atoms with E-state index in [0.29, 0.717) is 17.8 Å². The predicted molar refractivity (Wildman–Crippen MR) is 76.6 cm³/mol. The second kappa shape index (κ2) is 5.26. The molecule has 2 aromatic heterocycles. The van der Waals surface area contributed by atoms with Crippen LogP contribution in [0, 0.1) is 6.92 Å². The van der Waals surface area contributed by atoms with Gasteiger partial charge in [-0.05, 0) is 52.0 Å². The number of aromatic nitrogens is 4. The zero-order valence-electron chi connectivity index (χ0n) is 12.4. The van der Waals surface area contributed by atoms with Gasteiger partial charge in [-0.3, -0.25) is 4.90 Å². The van der Waals surface area contributed by atoms with Crippen LogP contribution >= 0.6 is 0 Å². The van der Waals surface area contributed by atoms with Gasteiger partial charge in [-0.25, -0.2) is 4.98 Å². The number of aromatic amines is 1. The van der Waals surface area contributed by atoms with Crippen molar-refractivity contribution in [2.45, 2.75) is 58.0 Å². The topological polar surface area (TPSA) is 70.8 Å². The van der Waals surface area contributed by atoms with E-state index < -0.39 is 0 Å². The lowest BCUT2D eigenvalue weighted by Gasteiger charge is -2.20. The third kappa shape index (κ3) is 2.48. The first kappa shape index (κ1) is 13.0. The van der Waals surface area contributed by atoms with E-state index in [4.69, 9.17) is 9.51 Å². The fraction of sp³-hybridized carbons (Fsp3) is 0.667. The van der Waals surface area contributed by atoms with Gasteiger partial charge in [0.05, 0.1) is 18.3 Å². The Morgan fingerprint density at radius 1 is 1.24 bits per heavy atom. The molecule has 1 aliphatic carbocycles. The minimum Gasteiger partial charge on any atom is -0.344 e. The number of fused-ring (bicyclic) bond motifs is 1. The Morgan fingerprint density at radius 3 is 2.95 bits per heavy atom. The van der Waals surface area contributed by atoms with E-state index in [9.17, 15) is 0 Å². The molecule has 0 saturated carbocycles. The van der Waals surface area contributed by atoms with Crippen LogP contribution in [-0.4, -0.2) is 31.6 Å². The molecule has 1 saturated heterocycles. The highest BCUT2D eigenvalue weighted by atomic mass is 16.5. The zero-order chi connectivity index (χ0) is 14.2. The average Bonchev–Trinajstić information content (AvgIpc) is 3.18. The molecule has 2 aliphatic rings. The first-order valence-corrected chi connectivity index (χ1v) is 7.90. The lowest BCUT2D eigenvalue weighted by Crippen LogP contribution is -2.23. The third-order valence-electron chi connectivity index (χ3n) is 4.56. The number of rotatable bonds is 3. The molecule has 1 fully saturated rings. The number of likely N-dealkylation sites (tertiary alicyclic amines) is 1. The molecule has 1 atom stereocenters. The second-order valence-electron chi connectivity index (χ2n) is 6.12. The summed E-state index contributed by atoms with van der Waals surface area (Å²) in [5.41, 5.74) is 2.65. The van der Waals surface area contributed by atoms with Crippen LogP contribution in [0.25, 0.3) is 0 Å². The number of nitrogens with one attached hydrogen (secondary N) is 1. The number of H-pyrrole nitrogens is 1. The summed E-state index contributed by atoms with van der Waals surface area (Å²) in [4.78, 5) is 15.2. The molecule has 6 heteroatoms. The normalized spacial score (nSPS) is 22.6. The number of aryl methyl sites for hydroxylation is 3. The van der Waals surface area contributed by atoms with Crippen LogP contribution in [0.3, 0.4) is 0 Å². The summed E-state index contributed by atoms with van der Waals surface area (Å²) in [6.45, 7) is 3.64. The molecule has 1 N–H and O–H groups in total. The summed E-state index contributed by atoms with van der Waals surface area (Å²) in [5.74, 6) is 2.54. The summed E-state index contributed by atoms with van der Waals surface area (Å²) < 4.78 is 5.26. The molecule has 6 nitrogen and oxygen atoms in total. The van der Waals surface area contributed by atoms with Gasteiger partial charge in [0.2, 0.25) is 5.89 Å². The lowest BCUT2D eigenvalue weighted by molar-refractivity contribution is 0.206. The van der Waals surface area contributed by atoms with Crippen molar-refractivity contribution in [1.29, 1.82) is 0 Å². The van der Waals surface area contributed by atoms with E-state index in [-0.39, 0.29) is 0 Å². The monoisotopic (exact) mass is 287 g/mol. The van der Waals surface area contributed by atoms with Crippen molar-refractivity contribution in [3.63, 3.8) is 0 Å². The van der Waals surface area contributed by atoms with Gasteiger partial charge in [0.15, 0.2) is 5.82 Å². The quantitative estimate of drug-likeness (QED) is 0.938. The van der Waals surface area contributed by atoms with E-state index in [1.54, 1.807) is 0 Å². The van der Waals surface area contributed by atoms with Gasteiger partial charge in [-0.2, -0.15) is 4.98 Å². The van der Waals surface area contributed by atoms with Crippen molar-refractivity contribution in [1.82, 2.24) is 25.0 Å². The Morgan fingerprint density at radius 2 is 2.14 bits per heavy atom. The van der Waals surface area contributed by atoms with E-state index in [1.165, 1.54) is 30.7 Å². The van der Waals surface area contributed by atoms with Crippen LogP contribution in [0.1, 0.15) is 60.7 Å². The van der Waals surface area contributed by atoms with E-state index in [0.717, 1.165) is 38.2 Å². The van der Waals surface area contributed by atoms with E-state index in [1.807, 2.05) is 6.92 Å². The van der Waals surface area contributed by atoms with E-state index >= 15 is 0 Å². The molecule has 0 amide bonds. The predicted octanol–water partition coefficient (Wildman–Crippen LogP) is 2.32. The summed E-state index contributed by atoms with van der Waals surface area (Å²) in [7, 11) is 0. The Balaban J connectivity index is 1.54. The zero-order valence-corrected chi connectivity index (χ0v) is 12.4. The Kier molecular flexibility index (Phi) is 3.25. The molecular formula is C15H21N5O. The van der Waals surface area contributed by atoms with Crippen molar-refractivity contribution in [3.8, 4) is 0 Å². The van der Waals surface area contributed by atoms with E-state index in [2.05, 4.69) is 20.0 Å². The third-order valence-corrected chi connectivity index (χ3v) is 4.56. The Bertz CT molecular complexity index is 608. The first-order valence-electron chi connectivity index (χ1n) is 7.90. The Labute approximate surface area is 123 Å². The maximum Gasteiger partial charge on any atom is 0.240 e. The summed E-state index contributed by atoms with van der Waals surface area (Å²) in [5, 5.41) is 3.87. The molecule has 21 heavy (non-hydrogen) atoms. The van der Waals surface area contributed by atoms with Crippen molar-refractivity contribution >= 4 is 0 Å².